The third-order valence-corrected chi connectivity index (χ3v) is 7.58. The lowest BCUT2D eigenvalue weighted by Gasteiger charge is -2.43. The fourth-order valence-corrected chi connectivity index (χ4v) is 5.57. The molecule has 6 nitrogen and oxygen atoms in total. The number of benzene rings is 1. The predicted molar refractivity (Wildman–Crippen MR) is 127 cm³/mol. The van der Waals surface area contributed by atoms with Gasteiger partial charge in [0, 0.05) is 11.7 Å². The van der Waals surface area contributed by atoms with Gasteiger partial charge in [-0.25, -0.2) is 4.39 Å². The van der Waals surface area contributed by atoms with E-state index in [0.29, 0.717) is 17.1 Å². The first kappa shape index (κ1) is 21.8. The summed E-state index contributed by atoms with van der Waals surface area (Å²) in [6, 6.07) is 11.5. The van der Waals surface area contributed by atoms with Crippen molar-refractivity contribution in [3.63, 3.8) is 0 Å². The first-order chi connectivity index (χ1) is 16.0. The maximum Gasteiger partial charge on any atom is 0.277 e. The van der Waals surface area contributed by atoms with Gasteiger partial charge in [0.2, 0.25) is 5.91 Å². The van der Waals surface area contributed by atoms with E-state index >= 15 is 0 Å². The van der Waals surface area contributed by atoms with Crippen LogP contribution in [0.1, 0.15) is 55.9 Å². The number of thiophene rings is 1. The Morgan fingerprint density at radius 3 is 2.55 bits per heavy atom. The smallest absolute Gasteiger partial charge is 0.277 e. The van der Waals surface area contributed by atoms with Gasteiger partial charge in [0.1, 0.15) is 22.7 Å². The van der Waals surface area contributed by atoms with Gasteiger partial charge >= 0.3 is 0 Å². The number of halogens is 1. The molecule has 5 rings (SSSR count). The number of aromatic nitrogens is 2. The van der Waals surface area contributed by atoms with E-state index in [2.05, 4.69) is 10.4 Å². The van der Waals surface area contributed by atoms with Gasteiger partial charge in [-0.1, -0.05) is 31.7 Å². The third kappa shape index (κ3) is 4.08. The largest absolute Gasteiger partial charge is 0.351 e. The van der Waals surface area contributed by atoms with Crippen LogP contribution in [-0.2, 0) is 11.3 Å². The van der Waals surface area contributed by atoms with Gasteiger partial charge in [0.05, 0.1) is 11.4 Å². The van der Waals surface area contributed by atoms with E-state index in [9.17, 15) is 14.0 Å². The molecule has 172 valence electrons. The van der Waals surface area contributed by atoms with Crippen molar-refractivity contribution in [1.82, 2.24) is 15.1 Å². The minimum atomic E-state index is -1.20. The quantitative estimate of drug-likeness (QED) is 0.550. The standard InChI is InChI=1S/C25H27FN4O2S/c1-25(24(32)27-18-7-4-2-3-5-8-18)16-29-21(15-20(28-29)22-9-6-14-33-22)23(31)30(25)19-12-10-17(26)11-13-19/h6,9-15,18H,2-5,7-8,16H2,1H3,(H,27,32). The minimum absolute atomic E-state index is 0.0997. The fraction of sp³-hybridized carbons (Fsp3) is 0.400. The Morgan fingerprint density at radius 1 is 1.15 bits per heavy atom. The van der Waals surface area contributed by atoms with E-state index in [4.69, 9.17) is 0 Å². The Labute approximate surface area is 196 Å². The number of anilines is 1. The molecule has 8 heteroatoms. The van der Waals surface area contributed by atoms with Crippen molar-refractivity contribution < 1.29 is 14.0 Å². The Morgan fingerprint density at radius 2 is 1.88 bits per heavy atom. The first-order valence-electron chi connectivity index (χ1n) is 11.5. The summed E-state index contributed by atoms with van der Waals surface area (Å²) in [6.07, 6.45) is 6.45. The van der Waals surface area contributed by atoms with Gasteiger partial charge < -0.3 is 5.32 Å². The maximum absolute atomic E-state index is 13.7. The molecular weight excluding hydrogens is 439 g/mol. The Balaban J connectivity index is 1.54. The van der Waals surface area contributed by atoms with Crippen molar-refractivity contribution in [3.8, 4) is 10.6 Å². The molecule has 0 radical (unpaired) electrons. The van der Waals surface area contributed by atoms with Crippen LogP contribution in [-0.4, -0.2) is 33.2 Å². The third-order valence-electron chi connectivity index (χ3n) is 6.69. The topological polar surface area (TPSA) is 67.2 Å². The summed E-state index contributed by atoms with van der Waals surface area (Å²) in [5.41, 5.74) is 0.417. The second kappa shape index (κ2) is 8.74. The molecule has 2 aliphatic rings. The number of nitrogens with one attached hydrogen (secondary N) is 1. The molecule has 3 heterocycles. The lowest BCUT2D eigenvalue weighted by atomic mass is 9.93. The summed E-state index contributed by atoms with van der Waals surface area (Å²) in [4.78, 5) is 29.9. The maximum atomic E-state index is 13.7. The lowest BCUT2D eigenvalue weighted by Crippen LogP contribution is -2.65. The van der Waals surface area contributed by atoms with Crippen molar-refractivity contribution in [1.29, 1.82) is 0 Å². The van der Waals surface area contributed by atoms with E-state index in [1.807, 2.05) is 17.5 Å². The van der Waals surface area contributed by atoms with E-state index in [0.717, 1.165) is 30.6 Å². The summed E-state index contributed by atoms with van der Waals surface area (Å²) in [5.74, 6) is -0.912. The molecular formula is C25H27FN4O2S. The summed E-state index contributed by atoms with van der Waals surface area (Å²) < 4.78 is 15.3. The van der Waals surface area contributed by atoms with Crippen LogP contribution in [0.2, 0.25) is 0 Å². The van der Waals surface area contributed by atoms with Gasteiger partial charge in [0.15, 0.2) is 0 Å². The molecule has 2 aromatic heterocycles. The molecule has 1 aliphatic heterocycles. The Hall–Kier alpha value is -3.00. The van der Waals surface area contributed by atoms with Crippen LogP contribution < -0.4 is 10.2 Å². The van der Waals surface area contributed by atoms with E-state index in [1.54, 1.807) is 41.1 Å². The second-order valence-corrected chi connectivity index (χ2v) is 10.1. The molecule has 1 aromatic carbocycles. The van der Waals surface area contributed by atoms with Crippen LogP contribution in [0.15, 0.2) is 47.8 Å². The lowest BCUT2D eigenvalue weighted by molar-refractivity contribution is -0.127. The highest BCUT2D eigenvalue weighted by Gasteiger charge is 2.49. The molecule has 0 saturated heterocycles. The number of nitrogens with zero attached hydrogens (tertiary/aromatic N) is 3. The van der Waals surface area contributed by atoms with Crippen LogP contribution in [0.3, 0.4) is 0 Å². The van der Waals surface area contributed by atoms with Crippen molar-refractivity contribution in [2.24, 2.45) is 0 Å². The summed E-state index contributed by atoms with van der Waals surface area (Å²) in [7, 11) is 0. The van der Waals surface area contributed by atoms with Gasteiger partial charge in [-0.3, -0.25) is 19.2 Å². The van der Waals surface area contributed by atoms with Gasteiger partial charge in [-0.2, -0.15) is 5.10 Å². The van der Waals surface area contributed by atoms with E-state index in [-0.39, 0.29) is 24.4 Å². The number of hydrogen-bond acceptors (Lipinski definition) is 4. The zero-order chi connectivity index (χ0) is 23.0. The minimum Gasteiger partial charge on any atom is -0.351 e. The normalized spacial score (nSPS) is 21.5. The van der Waals surface area contributed by atoms with Crippen molar-refractivity contribution in [2.75, 3.05) is 4.90 Å². The number of amides is 2. The molecule has 1 N–H and O–H groups in total. The molecule has 1 unspecified atom stereocenters. The molecule has 2 amide bonds. The molecule has 0 bridgehead atoms. The van der Waals surface area contributed by atoms with Crippen LogP contribution in [0.5, 0.6) is 0 Å². The highest BCUT2D eigenvalue weighted by atomic mass is 32.1. The van der Waals surface area contributed by atoms with Gasteiger partial charge in [-0.15, -0.1) is 11.3 Å². The van der Waals surface area contributed by atoms with Crippen LogP contribution >= 0.6 is 11.3 Å². The van der Waals surface area contributed by atoms with Crippen molar-refractivity contribution in [3.05, 3.63) is 59.4 Å². The van der Waals surface area contributed by atoms with E-state index < -0.39 is 11.4 Å². The van der Waals surface area contributed by atoms with Gasteiger partial charge in [0.25, 0.3) is 5.91 Å². The van der Waals surface area contributed by atoms with E-state index in [1.165, 1.54) is 29.9 Å². The highest BCUT2D eigenvalue weighted by Crippen LogP contribution is 2.35. The summed E-state index contributed by atoms with van der Waals surface area (Å²) in [5, 5.41) is 9.85. The fourth-order valence-electron chi connectivity index (χ4n) is 4.89. The highest BCUT2D eigenvalue weighted by molar-refractivity contribution is 7.13. The van der Waals surface area contributed by atoms with Crippen LogP contribution in [0, 0.1) is 5.82 Å². The number of fused-ring (bicyclic) bond motifs is 1. The van der Waals surface area contributed by atoms with Crippen molar-refractivity contribution in [2.45, 2.75) is 63.6 Å². The molecule has 0 spiro atoms. The first-order valence-corrected chi connectivity index (χ1v) is 12.4. The van der Waals surface area contributed by atoms with Gasteiger partial charge in [-0.05, 0) is 61.5 Å². The second-order valence-electron chi connectivity index (χ2n) is 9.10. The van der Waals surface area contributed by atoms with Crippen LogP contribution in [0.25, 0.3) is 10.6 Å². The Bertz CT molecular complexity index is 1150. The molecule has 1 aliphatic carbocycles. The number of carbonyl (C=O) groups is 2. The number of rotatable bonds is 4. The van der Waals surface area contributed by atoms with Crippen molar-refractivity contribution >= 4 is 28.8 Å². The molecule has 3 aromatic rings. The van der Waals surface area contributed by atoms with Crippen LogP contribution in [0.4, 0.5) is 10.1 Å². The molecule has 33 heavy (non-hydrogen) atoms. The predicted octanol–water partition coefficient (Wildman–Crippen LogP) is 5.01. The number of carbonyl (C=O) groups excluding carboxylic acids is 2. The average Bonchev–Trinajstić information content (AvgIpc) is 3.40. The zero-order valence-electron chi connectivity index (χ0n) is 18.6. The monoisotopic (exact) mass is 466 g/mol. The Kier molecular flexibility index (Phi) is 5.78. The zero-order valence-corrected chi connectivity index (χ0v) is 19.4. The SMILES string of the molecule is CC1(C(=O)NC2CCCCCC2)Cn2nc(-c3cccs3)cc2C(=O)N1c1ccc(F)cc1. The summed E-state index contributed by atoms with van der Waals surface area (Å²) >= 11 is 1.55. The number of hydrogen-bond donors (Lipinski definition) is 1. The average molecular weight is 467 g/mol. The summed E-state index contributed by atoms with van der Waals surface area (Å²) in [6.45, 7) is 1.99. The molecule has 1 fully saturated rings. The molecule has 1 atom stereocenters. The molecule has 1 saturated carbocycles.